The molecule has 0 aliphatic carbocycles. The number of pyridine rings is 1. The highest BCUT2D eigenvalue weighted by Crippen LogP contribution is 2.34. The number of piperidine rings is 1. The highest BCUT2D eigenvalue weighted by Gasteiger charge is 2.32. The zero-order valence-corrected chi connectivity index (χ0v) is 22.2. The molecule has 214 valence electrons. The van der Waals surface area contributed by atoms with E-state index in [9.17, 15) is 27.6 Å². The van der Waals surface area contributed by atoms with Crippen molar-refractivity contribution in [2.45, 2.75) is 38.4 Å². The first kappa shape index (κ1) is 29.2. The third-order valence-electron chi connectivity index (χ3n) is 6.43. The number of hydrogen-bond acceptors (Lipinski definition) is 6. The third kappa shape index (κ3) is 6.83. The maximum Gasteiger partial charge on any atom is 0.422 e. The molecule has 1 aromatic carbocycles. The number of aliphatic hydroxyl groups is 1. The van der Waals surface area contributed by atoms with Gasteiger partial charge in [0.2, 0.25) is 5.91 Å². The molecule has 4 N–H and O–H groups in total. The van der Waals surface area contributed by atoms with Gasteiger partial charge >= 0.3 is 6.18 Å². The molecule has 4 rings (SSSR count). The van der Waals surface area contributed by atoms with Crippen LogP contribution in [0.2, 0.25) is 5.02 Å². The number of hydrogen-bond donors (Lipinski definition) is 4. The molecule has 0 radical (unpaired) electrons. The van der Waals surface area contributed by atoms with Crippen molar-refractivity contribution in [2.75, 3.05) is 31.6 Å². The van der Waals surface area contributed by atoms with Gasteiger partial charge in [0.05, 0.1) is 16.8 Å². The minimum absolute atomic E-state index is 0.0846. The van der Waals surface area contributed by atoms with Crippen LogP contribution in [0.4, 0.5) is 18.9 Å². The number of aromatic nitrogens is 2. The van der Waals surface area contributed by atoms with Gasteiger partial charge in [0, 0.05) is 29.7 Å². The molecule has 0 bridgehead atoms. The maximum atomic E-state index is 13.2. The summed E-state index contributed by atoms with van der Waals surface area (Å²) >= 11 is 5.89. The van der Waals surface area contributed by atoms with E-state index in [1.165, 1.54) is 23.1 Å². The van der Waals surface area contributed by atoms with Crippen LogP contribution in [0.3, 0.4) is 0 Å². The smallest absolute Gasteiger partial charge is 0.422 e. The van der Waals surface area contributed by atoms with Gasteiger partial charge in [-0.05, 0) is 49.6 Å². The van der Waals surface area contributed by atoms with Gasteiger partial charge in [-0.25, -0.2) is 4.98 Å². The first-order valence-corrected chi connectivity index (χ1v) is 12.9. The summed E-state index contributed by atoms with van der Waals surface area (Å²) in [5, 5.41) is 15.1. The molecule has 1 saturated heterocycles. The van der Waals surface area contributed by atoms with Gasteiger partial charge in [-0.2, -0.15) is 13.2 Å². The molecule has 0 spiro atoms. The van der Waals surface area contributed by atoms with E-state index in [4.69, 9.17) is 21.4 Å². The van der Waals surface area contributed by atoms with Crippen molar-refractivity contribution in [3.63, 3.8) is 0 Å². The molecule has 3 heterocycles. The number of ether oxygens (including phenoxy) is 1. The number of aliphatic hydroxyl groups excluding tert-OH is 1. The van der Waals surface area contributed by atoms with Gasteiger partial charge in [-0.1, -0.05) is 18.5 Å². The van der Waals surface area contributed by atoms with E-state index in [0.29, 0.717) is 48.6 Å². The number of H-pyrrole nitrogens is 1. The second-order valence-corrected chi connectivity index (χ2v) is 9.65. The van der Waals surface area contributed by atoms with Gasteiger partial charge in [0.25, 0.3) is 11.8 Å². The highest BCUT2D eigenvalue weighted by atomic mass is 35.5. The van der Waals surface area contributed by atoms with E-state index >= 15 is 0 Å². The fourth-order valence-corrected chi connectivity index (χ4v) is 4.52. The van der Waals surface area contributed by atoms with Crippen LogP contribution < -0.4 is 15.4 Å². The Morgan fingerprint density at radius 2 is 1.85 bits per heavy atom. The molecular formula is C26H27ClF3N5O5. The summed E-state index contributed by atoms with van der Waals surface area (Å²) in [6.07, 6.45) is -3.51. The number of fused-ring (bicyclic) bond motifs is 1. The number of benzene rings is 1. The average molecular weight is 582 g/mol. The van der Waals surface area contributed by atoms with E-state index < -0.39 is 37.1 Å². The van der Waals surface area contributed by atoms with Gasteiger partial charge in [-0.15, -0.1) is 0 Å². The number of nitrogens with one attached hydrogen (secondary N) is 3. The van der Waals surface area contributed by atoms with E-state index in [-0.39, 0.29) is 34.2 Å². The van der Waals surface area contributed by atoms with Gasteiger partial charge < -0.3 is 30.4 Å². The first-order valence-electron chi connectivity index (χ1n) is 12.5. The molecule has 0 saturated carbocycles. The van der Waals surface area contributed by atoms with Crippen molar-refractivity contribution in [1.82, 2.24) is 20.2 Å². The lowest BCUT2D eigenvalue weighted by Gasteiger charge is -2.32. The Hall–Kier alpha value is -3.84. The molecule has 1 fully saturated rings. The minimum atomic E-state index is -4.67. The summed E-state index contributed by atoms with van der Waals surface area (Å²) in [7, 11) is 0. The Balaban J connectivity index is 1.64. The SMILES string of the molecule is CCc1nc2[nH]c(C(=O)NC3CCN(C(=O)CO)CC3)c(OCC(F)(F)F)c2cc1NC(=O)c1ccc(Cl)cc1. The second kappa shape index (κ2) is 12.1. The topological polar surface area (TPSA) is 137 Å². The number of nitrogens with zero attached hydrogens (tertiary/aromatic N) is 2. The average Bonchev–Trinajstić information content (AvgIpc) is 3.28. The molecule has 2 aromatic heterocycles. The Morgan fingerprint density at radius 1 is 1.18 bits per heavy atom. The molecule has 0 atom stereocenters. The fourth-order valence-electron chi connectivity index (χ4n) is 4.40. The van der Waals surface area contributed by atoms with Gasteiger partial charge in [0.15, 0.2) is 12.4 Å². The van der Waals surface area contributed by atoms with Gasteiger partial charge in [0.1, 0.15) is 17.9 Å². The Kier molecular flexibility index (Phi) is 8.84. The predicted octanol–water partition coefficient (Wildman–Crippen LogP) is 3.69. The summed E-state index contributed by atoms with van der Waals surface area (Å²) in [6, 6.07) is 7.21. The molecule has 40 heavy (non-hydrogen) atoms. The standard InChI is InChI=1S/C26H27ClF3N5O5/c1-2-18-19(33-24(38)14-3-5-15(27)6-4-14)11-17-22(40-13-26(28,29)30)21(34-23(17)32-18)25(39)31-16-7-9-35(10-8-16)20(37)12-36/h3-6,11,16,36H,2,7-10,12-13H2,1H3,(H,31,39)(H,32,34)(H,33,38). The number of carbonyl (C=O) groups is 3. The van der Waals surface area contributed by atoms with Crippen LogP contribution in [-0.2, 0) is 11.2 Å². The predicted molar refractivity (Wildman–Crippen MR) is 141 cm³/mol. The quantitative estimate of drug-likeness (QED) is 0.320. The lowest BCUT2D eigenvalue weighted by molar-refractivity contribution is -0.153. The van der Waals surface area contributed by atoms with Crippen molar-refractivity contribution in [1.29, 1.82) is 0 Å². The Labute approximate surface area is 231 Å². The van der Waals surface area contributed by atoms with Crippen LogP contribution in [0.25, 0.3) is 11.0 Å². The van der Waals surface area contributed by atoms with Crippen molar-refractivity contribution < 1.29 is 37.4 Å². The summed E-state index contributed by atoms with van der Waals surface area (Å²) in [6.45, 7) is 0.154. The third-order valence-corrected chi connectivity index (χ3v) is 6.68. The van der Waals surface area contributed by atoms with Crippen molar-refractivity contribution in [3.8, 4) is 5.75 Å². The number of halogens is 4. The van der Waals surface area contributed by atoms with Crippen LogP contribution in [0, 0.1) is 0 Å². The number of carbonyl (C=O) groups excluding carboxylic acids is 3. The Morgan fingerprint density at radius 3 is 2.45 bits per heavy atom. The zero-order valence-electron chi connectivity index (χ0n) is 21.4. The minimum Gasteiger partial charge on any atom is -0.481 e. The number of likely N-dealkylation sites (tertiary alicyclic amines) is 1. The molecule has 0 unspecified atom stereocenters. The molecule has 14 heteroatoms. The molecule has 3 aromatic rings. The number of aryl methyl sites for hydroxylation is 1. The fraction of sp³-hybridized carbons (Fsp3) is 0.385. The number of amides is 3. The highest BCUT2D eigenvalue weighted by molar-refractivity contribution is 6.30. The van der Waals surface area contributed by atoms with E-state index in [2.05, 4.69) is 20.6 Å². The molecule has 1 aliphatic heterocycles. The normalized spacial score (nSPS) is 14.3. The summed E-state index contributed by atoms with van der Waals surface area (Å²) in [4.78, 5) is 46.4. The molecule has 1 aliphatic rings. The summed E-state index contributed by atoms with van der Waals surface area (Å²) in [5.74, 6) is -1.95. The summed E-state index contributed by atoms with van der Waals surface area (Å²) in [5.41, 5.74) is 0.863. The summed E-state index contributed by atoms with van der Waals surface area (Å²) < 4.78 is 44.4. The molecular weight excluding hydrogens is 555 g/mol. The molecule has 3 amide bonds. The van der Waals surface area contributed by atoms with Crippen molar-refractivity contribution in [3.05, 3.63) is 52.3 Å². The number of aromatic amines is 1. The van der Waals surface area contributed by atoms with Gasteiger partial charge in [-0.3, -0.25) is 14.4 Å². The second-order valence-electron chi connectivity index (χ2n) is 9.21. The molecule has 10 nitrogen and oxygen atoms in total. The first-order chi connectivity index (χ1) is 19.0. The zero-order chi connectivity index (χ0) is 29.0. The van der Waals surface area contributed by atoms with Crippen LogP contribution in [0.15, 0.2) is 30.3 Å². The van der Waals surface area contributed by atoms with E-state index in [1.807, 2.05) is 0 Å². The lowest BCUT2D eigenvalue weighted by Crippen LogP contribution is -2.47. The maximum absolute atomic E-state index is 13.2. The van der Waals surface area contributed by atoms with Crippen molar-refractivity contribution >= 4 is 46.0 Å². The largest absolute Gasteiger partial charge is 0.481 e. The number of anilines is 1. The monoisotopic (exact) mass is 581 g/mol. The van der Waals surface area contributed by atoms with Crippen LogP contribution in [0.5, 0.6) is 5.75 Å². The Bertz CT molecular complexity index is 1400. The lowest BCUT2D eigenvalue weighted by atomic mass is 10.0. The van der Waals surface area contributed by atoms with Crippen molar-refractivity contribution in [2.24, 2.45) is 0 Å². The van der Waals surface area contributed by atoms with Crippen LogP contribution in [0.1, 0.15) is 46.3 Å². The van der Waals surface area contributed by atoms with E-state index in [0.717, 1.165) is 0 Å². The van der Waals surface area contributed by atoms with E-state index in [1.54, 1.807) is 19.1 Å². The van der Waals surface area contributed by atoms with Crippen LogP contribution in [-0.4, -0.2) is 76.2 Å². The number of rotatable bonds is 8. The number of alkyl halides is 3. The van der Waals surface area contributed by atoms with Crippen LogP contribution >= 0.6 is 11.6 Å².